The number of benzene rings is 1. The molecule has 0 atom stereocenters. The van der Waals surface area contributed by atoms with Crippen LogP contribution in [0.1, 0.15) is 10.4 Å². The van der Waals surface area contributed by atoms with E-state index in [-0.39, 0.29) is 5.56 Å². The third kappa shape index (κ3) is 4.64. The minimum absolute atomic E-state index is 0.231. The Morgan fingerprint density at radius 1 is 1.39 bits per heavy atom. The molecule has 100 valence electrons. The van der Waals surface area contributed by atoms with Crippen molar-refractivity contribution in [2.45, 2.75) is 0 Å². The van der Waals surface area contributed by atoms with Crippen molar-refractivity contribution in [2.75, 3.05) is 38.8 Å². The Balaban J connectivity index is 2.47. The molecule has 0 heterocycles. The molecule has 2 N–H and O–H groups in total. The van der Waals surface area contributed by atoms with Crippen molar-refractivity contribution < 1.29 is 19.4 Å². The van der Waals surface area contributed by atoms with E-state index in [4.69, 9.17) is 14.6 Å². The summed E-state index contributed by atoms with van der Waals surface area (Å²) in [5.74, 6) is -0.967. The molecule has 1 rings (SSSR count). The first-order chi connectivity index (χ1) is 8.66. The molecule has 6 heteroatoms. The maximum Gasteiger partial charge on any atom is 0.338 e. The van der Waals surface area contributed by atoms with Crippen molar-refractivity contribution in [3.63, 3.8) is 0 Å². The van der Waals surface area contributed by atoms with Crippen LogP contribution in [0.4, 0.5) is 5.69 Å². The summed E-state index contributed by atoms with van der Waals surface area (Å²) in [6.45, 7) is 2.12. The van der Waals surface area contributed by atoms with Crippen molar-refractivity contribution in [3.05, 3.63) is 28.2 Å². The molecule has 0 amide bonds. The molecule has 0 bridgehead atoms. The second kappa shape index (κ2) is 8.07. The van der Waals surface area contributed by atoms with Gasteiger partial charge in [-0.2, -0.15) is 0 Å². The molecule has 0 aliphatic heterocycles. The van der Waals surface area contributed by atoms with Crippen molar-refractivity contribution in [3.8, 4) is 0 Å². The lowest BCUT2D eigenvalue weighted by molar-refractivity contribution is 0.0696. The number of methoxy groups -OCH3 is 1. The van der Waals surface area contributed by atoms with Crippen molar-refractivity contribution in [2.24, 2.45) is 0 Å². The van der Waals surface area contributed by atoms with Gasteiger partial charge in [0.15, 0.2) is 0 Å². The lowest BCUT2D eigenvalue weighted by Gasteiger charge is -2.11. The second-order valence-corrected chi connectivity index (χ2v) is 4.35. The van der Waals surface area contributed by atoms with E-state index < -0.39 is 5.97 Å². The molecule has 0 saturated carbocycles. The first-order valence-electron chi connectivity index (χ1n) is 5.49. The Hall–Kier alpha value is -1.11. The van der Waals surface area contributed by atoms with Crippen LogP contribution in [-0.4, -0.2) is 44.6 Å². The number of carboxylic acid groups (broad SMARTS) is 1. The Bertz CT molecular complexity index is 398. The molecule has 0 saturated heterocycles. The molecular weight excluding hydrogens is 302 g/mol. The first-order valence-corrected chi connectivity index (χ1v) is 6.28. The summed E-state index contributed by atoms with van der Waals surface area (Å²) in [7, 11) is 1.61. The summed E-state index contributed by atoms with van der Waals surface area (Å²) >= 11 is 3.22. The molecular formula is C12H16BrNO4. The largest absolute Gasteiger partial charge is 0.478 e. The van der Waals surface area contributed by atoms with Gasteiger partial charge in [-0.3, -0.25) is 0 Å². The number of halogens is 1. The predicted molar refractivity (Wildman–Crippen MR) is 72.3 cm³/mol. The summed E-state index contributed by atoms with van der Waals surface area (Å²) in [5.41, 5.74) is 0.807. The fraction of sp³-hybridized carbons (Fsp3) is 0.417. The van der Waals surface area contributed by atoms with E-state index >= 15 is 0 Å². The van der Waals surface area contributed by atoms with Gasteiger partial charge in [-0.1, -0.05) is 6.07 Å². The van der Waals surface area contributed by atoms with Crippen molar-refractivity contribution >= 4 is 27.6 Å². The quantitative estimate of drug-likeness (QED) is 0.720. The number of rotatable bonds is 8. The van der Waals surface area contributed by atoms with Crippen LogP contribution in [-0.2, 0) is 9.47 Å². The number of hydrogen-bond acceptors (Lipinski definition) is 4. The number of nitrogens with one attached hydrogen (secondary N) is 1. The number of aromatic carboxylic acids is 1. The van der Waals surface area contributed by atoms with Gasteiger partial charge in [0.05, 0.1) is 25.4 Å². The van der Waals surface area contributed by atoms with Crippen LogP contribution in [0.5, 0.6) is 0 Å². The van der Waals surface area contributed by atoms with E-state index in [2.05, 4.69) is 21.2 Å². The third-order valence-electron chi connectivity index (χ3n) is 2.22. The fourth-order valence-corrected chi connectivity index (χ4v) is 1.93. The van der Waals surface area contributed by atoms with Crippen LogP contribution in [0.25, 0.3) is 0 Å². The number of ether oxygens (including phenoxy) is 2. The molecule has 0 unspecified atom stereocenters. The minimum atomic E-state index is -0.967. The van der Waals surface area contributed by atoms with Gasteiger partial charge in [0.1, 0.15) is 0 Å². The summed E-state index contributed by atoms with van der Waals surface area (Å²) in [4.78, 5) is 11.1. The average molecular weight is 318 g/mol. The van der Waals surface area contributed by atoms with E-state index in [0.29, 0.717) is 36.5 Å². The van der Waals surface area contributed by atoms with Gasteiger partial charge in [0.2, 0.25) is 0 Å². The zero-order valence-corrected chi connectivity index (χ0v) is 11.7. The normalized spacial score (nSPS) is 10.3. The van der Waals surface area contributed by atoms with Gasteiger partial charge in [0, 0.05) is 23.8 Å². The van der Waals surface area contributed by atoms with E-state index in [1.54, 1.807) is 25.3 Å². The number of anilines is 1. The molecule has 0 spiro atoms. The Labute approximate surface area is 114 Å². The lowest BCUT2D eigenvalue weighted by Crippen LogP contribution is -2.14. The molecule has 0 aliphatic rings. The zero-order valence-electron chi connectivity index (χ0n) is 10.1. The number of carbonyl (C=O) groups is 1. The van der Waals surface area contributed by atoms with Crippen LogP contribution in [0.2, 0.25) is 0 Å². The zero-order chi connectivity index (χ0) is 13.4. The van der Waals surface area contributed by atoms with Gasteiger partial charge in [-0.15, -0.1) is 0 Å². The number of carboxylic acids is 1. The van der Waals surface area contributed by atoms with Gasteiger partial charge in [0.25, 0.3) is 0 Å². The summed E-state index contributed by atoms with van der Waals surface area (Å²) < 4.78 is 10.7. The van der Waals surface area contributed by atoms with E-state index in [1.807, 2.05) is 0 Å². The van der Waals surface area contributed by atoms with Gasteiger partial charge >= 0.3 is 5.97 Å². The van der Waals surface area contributed by atoms with E-state index in [1.165, 1.54) is 0 Å². The van der Waals surface area contributed by atoms with Crippen LogP contribution in [0.15, 0.2) is 22.7 Å². The van der Waals surface area contributed by atoms with Gasteiger partial charge in [-0.25, -0.2) is 4.79 Å². The van der Waals surface area contributed by atoms with Gasteiger partial charge < -0.3 is 19.9 Å². The smallest absolute Gasteiger partial charge is 0.338 e. The Kier molecular flexibility index (Phi) is 6.70. The van der Waals surface area contributed by atoms with Crippen LogP contribution in [0.3, 0.4) is 0 Å². The molecule has 1 aromatic rings. The molecule has 18 heavy (non-hydrogen) atoms. The van der Waals surface area contributed by atoms with Crippen LogP contribution >= 0.6 is 15.9 Å². The first kappa shape index (κ1) is 14.9. The highest BCUT2D eigenvalue weighted by Gasteiger charge is 2.13. The predicted octanol–water partition coefficient (Wildman–Crippen LogP) is 2.22. The molecule has 1 aromatic carbocycles. The third-order valence-corrected chi connectivity index (χ3v) is 2.88. The molecule has 0 radical (unpaired) electrons. The highest BCUT2D eigenvalue weighted by atomic mass is 79.9. The van der Waals surface area contributed by atoms with E-state index in [0.717, 1.165) is 0 Å². The monoisotopic (exact) mass is 317 g/mol. The topological polar surface area (TPSA) is 67.8 Å². The minimum Gasteiger partial charge on any atom is -0.478 e. The average Bonchev–Trinajstić information content (AvgIpc) is 2.33. The standard InChI is InChI=1S/C12H16BrNO4/c1-17-7-8-18-6-5-14-10-4-2-3-9(13)11(10)12(15)16/h2-4,14H,5-8H2,1H3,(H,15,16). The van der Waals surface area contributed by atoms with Crippen LogP contribution < -0.4 is 5.32 Å². The molecule has 0 fully saturated rings. The summed E-state index contributed by atoms with van der Waals surface area (Å²) in [5, 5.41) is 12.1. The highest BCUT2D eigenvalue weighted by Crippen LogP contribution is 2.24. The molecule has 5 nitrogen and oxygen atoms in total. The Morgan fingerprint density at radius 2 is 2.17 bits per heavy atom. The maximum absolute atomic E-state index is 11.1. The molecule has 0 aliphatic carbocycles. The Morgan fingerprint density at radius 3 is 2.83 bits per heavy atom. The summed E-state index contributed by atoms with van der Waals surface area (Å²) in [6, 6.07) is 5.21. The van der Waals surface area contributed by atoms with Gasteiger partial charge in [-0.05, 0) is 28.1 Å². The van der Waals surface area contributed by atoms with E-state index in [9.17, 15) is 4.79 Å². The number of hydrogen-bond donors (Lipinski definition) is 2. The summed E-state index contributed by atoms with van der Waals surface area (Å²) in [6.07, 6.45) is 0. The maximum atomic E-state index is 11.1. The highest BCUT2D eigenvalue weighted by molar-refractivity contribution is 9.10. The lowest BCUT2D eigenvalue weighted by atomic mass is 10.2. The second-order valence-electron chi connectivity index (χ2n) is 3.50. The fourth-order valence-electron chi connectivity index (χ4n) is 1.39. The van der Waals surface area contributed by atoms with Crippen molar-refractivity contribution in [1.82, 2.24) is 0 Å². The van der Waals surface area contributed by atoms with Crippen molar-refractivity contribution in [1.29, 1.82) is 0 Å². The SMILES string of the molecule is COCCOCCNc1cccc(Br)c1C(=O)O. The van der Waals surface area contributed by atoms with Crippen LogP contribution in [0, 0.1) is 0 Å². The molecule has 0 aromatic heterocycles.